The minimum Gasteiger partial charge on any atom is -0.480 e. The fraction of sp³-hybridized carbons (Fsp3) is 0.364. The molecule has 0 saturated carbocycles. The summed E-state index contributed by atoms with van der Waals surface area (Å²) in [7, 11) is 1.83. The zero-order chi connectivity index (χ0) is 20.4. The van der Waals surface area contributed by atoms with Gasteiger partial charge < -0.3 is 19.7 Å². The highest BCUT2D eigenvalue weighted by Crippen LogP contribution is 2.30. The number of hydrogen-bond acceptors (Lipinski definition) is 4. The number of carbonyl (C=O) groups is 2. The third kappa shape index (κ3) is 4.19. The van der Waals surface area contributed by atoms with Crippen molar-refractivity contribution in [2.75, 3.05) is 32.0 Å². The molecular weight excluding hydrogens is 370 g/mol. The molecule has 1 aliphatic rings. The zero-order valence-electron chi connectivity index (χ0n) is 16.4. The lowest BCUT2D eigenvalue weighted by atomic mass is 10.1. The van der Waals surface area contributed by atoms with Gasteiger partial charge in [-0.1, -0.05) is 18.2 Å². The SMILES string of the molecule is CN(CC(=O)O)C1CCCN(C(=O)Nc2ccc3c(c2)oc2ccccc23)CC1. The molecule has 2 amide bonds. The van der Waals surface area contributed by atoms with E-state index in [-0.39, 0.29) is 18.6 Å². The van der Waals surface area contributed by atoms with E-state index < -0.39 is 5.97 Å². The molecular formula is C22H25N3O4. The van der Waals surface area contributed by atoms with Crippen molar-refractivity contribution in [3.63, 3.8) is 0 Å². The van der Waals surface area contributed by atoms with Gasteiger partial charge in [0.1, 0.15) is 11.2 Å². The predicted octanol–water partition coefficient (Wildman–Crippen LogP) is 3.99. The van der Waals surface area contributed by atoms with Crippen LogP contribution in [0.1, 0.15) is 19.3 Å². The molecule has 1 aliphatic heterocycles. The van der Waals surface area contributed by atoms with Gasteiger partial charge in [-0.05, 0) is 44.5 Å². The summed E-state index contributed by atoms with van der Waals surface area (Å²) in [6, 6.07) is 13.6. The first-order valence-corrected chi connectivity index (χ1v) is 9.90. The largest absolute Gasteiger partial charge is 0.480 e. The molecule has 0 bridgehead atoms. The number of carbonyl (C=O) groups excluding carboxylic acids is 1. The number of nitrogens with one attached hydrogen (secondary N) is 1. The van der Waals surface area contributed by atoms with Gasteiger partial charge in [-0.2, -0.15) is 0 Å². The smallest absolute Gasteiger partial charge is 0.321 e. The average Bonchev–Trinajstić information content (AvgIpc) is 2.87. The number of urea groups is 1. The van der Waals surface area contributed by atoms with Gasteiger partial charge >= 0.3 is 12.0 Å². The van der Waals surface area contributed by atoms with Gasteiger partial charge in [-0.3, -0.25) is 9.69 Å². The van der Waals surface area contributed by atoms with Gasteiger partial charge in [0.2, 0.25) is 0 Å². The maximum atomic E-state index is 12.8. The van der Waals surface area contributed by atoms with Crippen molar-refractivity contribution < 1.29 is 19.1 Å². The van der Waals surface area contributed by atoms with Crippen molar-refractivity contribution in [3.8, 4) is 0 Å². The number of amides is 2. The van der Waals surface area contributed by atoms with Gasteiger partial charge in [0.05, 0.1) is 6.54 Å². The Morgan fingerprint density at radius 2 is 1.93 bits per heavy atom. The van der Waals surface area contributed by atoms with E-state index >= 15 is 0 Å². The maximum Gasteiger partial charge on any atom is 0.321 e. The van der Waals surface area contributed by atoms with Crippen molar-refractivity contribution in [1.29, 1.82) is 0 Å². The number of aliphatic carboxylic acids is 1. The van der Waals surface area contributed by atoms with E-state index in [4.69, 9.17) is 9.52 Å². The monoisotopic (exact) mass is 395 g/mol. The van der Waals surface area contributed by atoms with Crippen LogP contribution in [0.2, 0.25) is 0 Å². The lowest BCUT2D eigenvalue weighted by molar-refractivity contribution is -0.138. The van der Waals surface area contributed by atoms with Crippen molar-refractivity contribution in [3.05, 3.63) is 42.5 Å². The number of furan rings is 1. The van der Waals surface area contributed by atoms with Crippen molar-refractivity contribution in [1.82, 2.24) is 9.80 Å². The lowest BCUT2D eigenvalue weighted by Gasteiger charge is -2.25. The quantitative estimate of drug-likeness (QED) is 0.698. The first kappa shape index (κ1) is 19.3. The zero-order valence-corrected chi connectivity index (χ0v) is 16.4. The molecule has 7 heteroatoms. The molecule has 29 heavy (non-hydrogen) atoms. The average molecular weight is 395 g/mol. The number of likely N-dealkylation sites (N-methyl/N-ethyl adjacent to an activating group) is 1. The van der Waals surface area contributed by atoms with Gasteiger partial charge in [-0.25, -0.2) is 4.79 Å². The topological polar surface area (TPSA) is 86.0 Å². The van der Waals surface area contributed by atoms with Crippen LogP contribution in [0.3, 0.4) is 0 Å². The molecule has 1 fully saturated rings. The van der Waals surface area contributed by atoms with E-state index in [9.17, 15) is 9.59 Å². The van der Waals surface area contributed by atoms with E-state index in [0.29, 0.717) is 18.8 Å². The highest BCUT2D eigenvalue weighted by Gasteiger charge is 2.24. The summed E-state index contributed by atoms with van der Waals surface area (Å²) in [5.41, 5.74) is 2.27. The molecule has 152 valence electrons. The van der Waals surface area contributed by atoms with Gasteiger partial charge in [-0.15, -0.1) is 0 Å². The normalized spacial score (nSPS) is 17.6. The molecule has 0 aliphatic carbocycles. The van der Waals surface area contributed by atoms with Gasteiger partial charge in [0.15, 0.2) is 0 Å². The van der Waals surface area contributed by atoms with Crippen LogP contribution in [0, 0.1) is 0 Å². The van der Waals surface area contributed by atoms with E-state index in [1.807, 2.05) is 54.4 Å². The molecule has 0 spiro atoms. The molecule has 3 aromatic rings. The second-order valence-corrected chi connectivity index (χ2v) is 7.62. The van der Waals surface area contributed by atoms with Crippen LogP contribution in [0.5, 0.6) is 0 Å². The van der Waals surface area contributed by atoms with E-state index in [1.165, 1.54) is 0 Å². The summed E-state index contributed by atoms with van der Waals surface area (Å²) in [5.74, 6) is -0.827. The van der Waals surface area contributed by atoms with Crippen molar-refractivity contribution in [2.45, 2.75) is 25.3 Å². The molecule has 2 N–H and O–H groups in total. The Bertz CT molecular complexity index is 1040. The van der Waals surface area contributed by atoms with Crippen molar-refractivity contribution >= 4 is 39.6 Å². The highest BCUT2D eigenvalue weighted by atomic mass is 16.4. The lowest BCUT2D eigenvalue weighted by Crippen LogP contribution is -2.38. The number of para-hydroxylation sites is 1. The van der Waals surface area contributed by atoms with Crippen LogP contribution in [-0.4, -0.2) is 59.6 Å². The molecule has 0 radical (unpaired) electrons. The van der Waals surface area contributed by atoms with Crippen LogP contribution in [-0.2, 0) is 4.79 Å². The van der Waals surface area contributed by atoms with Crippen molar-refractivity contribution in [2.24, 2.45) is 0 Å². The van der Waals surface area contributed by atoms with Crippen LogP contribution in [0.25, 0.3) is 21.9 Å². The highest BCUT2D eigenvalue weighted by molar-refractivity contribution is 6.06. The summed E-state index contributed by atoms with van der Waals surface area (Å²) in [6.07, 6.45) is 2.50. The Hall–Kier alpha value is -3.06. The summed E-state index contributed by atoms with van der Waals surface area (Å²) in [5, 5.41) is 14.0. The number of fused-ring (bicyclic) bond motifs is 3. The van der Waals surface area contributed by atoms with E-state index in [0.717, 1.165) is 41.2 Å². The maximum absolute atomic E-state index is 12.8. The first-order valence-electron chi connectivity index (χ1n) is 9.90. The fourth-order valence-corrected chi connectivity index (χ4v) is 4.07. The number of anilines is 1. The number of hydrogen-bond donors (Lipinski definition) is 2. The van der Waals surface area contributed by atoms with Gasteiger partial charge in [0.25, 0.3) is 0 Å². The second kappa shape index (κ2) is 8.13. The predicted molar refractivity (Wildman–Crippen MR) is 112 cm³/mol. The molecule has 1 unspecified atom stereocenters. The second-order valence-electron chi connectivity index (χ2n) is 7.62. The molecule has 1 aromatic heterocycles. The Morgan fingerprint density at radius 1 is 1.14 bits per heavy atom. The minimum atomic E-state index is -0.827. The van der Waals surface area contributed by atoms with Crippen LogP contribution in [0.4, 0.5) is 10.5 Å². The van der Waals surface area contributed by atoms with Crippen LogP contribution in [0.15, 0.2) is 46.9 Å². The Balaban J connectivity index is 1.42. The Labute approximate surface area is 168 Å². The Morgan fingerprint density at radius 3 is 2.76 bits per heavy atom. The summed E-state index contributed by atoms with van der Waals surface area (Å²) in [4.78, 5) is 27.4. The first-order chi connectivity index (χ1) is 14.0. The minimum absolute atomic E-state index is 0.0222. The third-order valence-electron chi connectivity index (χ3n) is 5.62. The van der Waals surface area contributed by atoms with E-state index in [1.54, 1.807) is 4.90 Å². The molecule has 2 aromatic carbocycles. The number of likely N-dealkylation sites (tertiary alicyclic amines) is 1. The standard InChI is InChI=1S/C22H25N3O4/c1-24(14-21(26)27)16-5-4-11-25(12-10-16)22(28)23-15-8-9-18-17-6-2-3-7-19(17)29-20(18)13-15/h2-3,6-9,13,16H,4-5,10-12,14H2,1H3,(H,23,28)(H,26,27). The molecule has 7 nitrogen and oxygen atoms in total. The number of benzene rings is 2. The summed E-state index contributed by atoms with van der Waals surface area (Å²) >= 11 is 0. The summed E-state index contributed by atoms with van der Waals surface area (Å²) < 4.78 is 5.89. The number of nitrogens with zero attached hydrogens (tertiary/aromatic N) is 2. The number of rotatable bonds is 4. The van der Waals surface area contributed by atoms with Gasteiger partial charge in [0, 0.05) is 41.7 Å². The van der Waals surface area contributed by atoms with Crippen LogP contribution >= 0.6 is 0 Å². The third-order valence-corrected chi connectivity index (χ3v) is 5.62. The summed E-state index contributed by atoms with van der Waals surface area (Å²) in [6.45, 7) is 1.29. The number of carboxylic acid groups (broad SMARTS) is 1. The van der Waals surface area contributed by atoms with Crippen LogP contribution < -0.4 is 5.32 Å². The number of carboxylic acids is 1. The fourth-order valence-electron chi connectivity index (χ4n) is 4.07. The molecule has 2 heterocycles. The van der Waals surface area contributed by atoms with E-state index in [2.05, 4.69) is 5.32 Å². The Kier molecular flexibility index (Phi) is 5.40. The molecule has 1 saturated heterocycles. The molecule has 1 atom stereocenters. The molecule has 4 rings (SSSR count).